The number of piperazine rings is 1. The van der Waals surface area contributed by atoms with Crippen LogP contribution in [0.3, 0.4) is 0 Å². The van der Waals surface area contributed by atoms with Crippen molar-refractivity contribution in [2.24, 2.45) is 0 Å². The molecule has 27 heavy (non-hydrogen) atoms. The van der Waals surface area contributed by atoms with Gasteiger partial charge in [0.2, 0.25) is 11.8 Å². The van der Waals surface area contributed by atoms with Crippen molar-refractivity contribution in [3.63, 3.8) is 0 Å². The molecule has 0 radical (unpaired) electrons. The zero-order valence-electron chi connectivity index (χ0n) is 14.7. The van der Waals surface area contributed by atoms with Crippen LogP contribution in [0.4, 0.5) is 0 Å². The fourth-order valence-corrected chi connectivity index (χ4v) is 3.72. The molecule has 1 aromatic carbocycles. The number of carbonyl (C=O) groups excluding carboxylic acids is 3. The van der Waals surface area contributed by atoms with Gasteiger partial charge in [-0.1, -0.05) is 30.3 Å². The molecule has 2 aromatic rings. The summed E-state index contributed by atoms with van der Waals surface area (Å²) in [6.07, 6.45) is 3.97. The number of amides is 3. The molecular formula is C20H20N4O3. The van der Waals surface area contributed by atoms with E-state index in [4.69, 9.17) is 0 Å². The lowest BCUT2D eigenvalue weighted by atomic mass is 10.0. The molecule has 0 saturated carbocycles. The van der Waals surface area contributed by atoms with Crippen LogP contribution in [0, 0.1) is 0 Å². The maximum absolute atomic E-state index is 12.8. The first-order chi connectivity index (χ1) is 13.1. The highest BCUT2D eigenvalue weighted by Gasteiger charge is 2.46. The fourth-order valence-electron chi connectivity index (χ4n) is 3.72. The second-order valence-electron chi connectivity index (χ2n) is 6.91. The Labute approximate surface area is 156 Å². The first-order valence-corrected chi connectivity index (χ1v) is 8.97. The van der Waals surface area contributed by atoms with E-state index in [0.29, 0.717) is 24.9 Å². The van der Waals surface area contributed by atoms with E-state index in [1.807, 2.05) is 30.3 Å². The lowest BCUT2D eigenvalue weighted by Gasteiger charge is -2.34. The molecule has 0 spiro atoms. The van der Waals surface area contributed by atoms with E-state index in [9.17, 15) is 14.4 Å². The van der Waals surface area contributed by atoms with Crippen molar-refractivity contribution in [1.82, 2.24) is 20.5 Å². The summed E-state index contributed by atoms with van der Waals surface area (Å²) >= 11 is 0. The first kappa shape index (κ1) is 17.2. The second kappa shape index (κ2) is 7.19. The molecule has 3 atom stereocenters. The minimum atomic E-state index is -0.566. The average molecular weight is 364 g/mol. The molecule has 2 saturated heterocycles. The van der Waals surface area contributed by atoms with Crippen LogP contribution in [0.2, 0.25) is 0 Å². The second-order valence-corrected chi connectivity index (χ2v) is 6.91. The van der Waals surface area contributed by atoms with Crippen molar-refractivity contribution in [3.8, 4) is 0 Å². The van der Waals surface area contributed by atoms with Crippen LogP contribution in [0.25, 0.3) is 0 Å². The lowest BCUT2D eigenvalue weighted by molar-refractivity contribution is -0.147. The summed E-state index contributed by atoms with van der Waals surface area (Å²) < 4.78 is 0. The van der Waals surface area contributed by atoms with Crippen LogP contribution in [-0.4, -0.2) is 52.3 Å². The van der Waals surface area contributed by atoms with Gasteiger partial charge >= 0.3 is 0 Å². The molecule has 3 amide bonds. The molecule has 2 aliphatic rings. The van der Waals surface area contributed by atoms with Gasteiger partial charge in [0, 0.05) is 31.4 Å². The number of rotatable bonds is 4. The molecule has 2 N–H and O–H groups in total. The third kappa shape index (κ3) is 3.53. The molecule has 2 aliphatic heterocycles. The highest BCUT2D eigenvalue weighted by atomic mass is 16.2. The minimum Gasteiger partial charge on any atom is -0.347 e. The third-order valence-electron chi connectivity index (χ3n) is 5.04. The summed E-state index contributed by atoms with van der Waals surface area (Å²) in [7, 11) is 0. The van der Waals surface area contributed by atoms with Gasteiger partial charge in [-0.3, -0.25) is 19.4 Å². The zero-order valence-corrected chi connectivity index (χ0v) is 14.7. The molecule has 3 heterocycles. The van der Waals surface area contributed by atoms with Crippen molar-refractivity contribution >= 4 is 17.7 Å². The fraction of sp³-hybridized carbons (Fsp3) is 0.300. The monoisotopic (exact) mass is 364 g/mol. The quantitative estimate of drug-likeness (QED) is 0.828. The lowest BCUT2D eigenvalue weighted by Crippen LogP contribution is -2.61. The Morgan fingerprint density at radius 1 is 1.19 bits per heavy atom. The topological polar surface area (TPSA) is 91.4 Å². The number of nitrogens with one attached hydrogen (secondary N) is 2. The van der Waals surface area contributed by atoms with Gasteiger partial charge in [-0.25, -0.2) is 0 Å². The highest BCUT2D eigenvalue weighted by Crippen LogP contribution is 2.24. The van der Waals surface area contributed by atoms with E-state index >= 15 is 0 Å². The van der Waals surface area contributed by atoms with Gasteiger partial charge in [0.25, 0.3) is 5.91 Å². The van der Waals surface area contributed by atoms with Crippen LogP contribution < -0.4 is 10.6 Å². The molecule has 0 unspecified atom stereocenters. The maximum atomic E-state index is 12.8. The van der Waals surface area contributed by atoms with E-state index in [2.05, 4.69) is 15.6 Å². The van der Waals surface area contributed by atoms with Crippen molar-refractivity contribution in [2.45, 2.75) is 31.0 Å². The molecular weight excluding hydrogens is 344 g/mol. The SMILES string of the molecule is O=C(N[C@H]1C[C@H]2C(=O)N[C@H](Cc3ccccc3)C(=O)N2C1)c1cccnc1. The standard InChI is InChI=1S/C20H20N4O3/c25-18(14-7-4-8-21-11-14)22-15-10-17-19(26)23-16(20(27)24(17)12-15)9-13-5-2-1-3-6-13/h1-8,11,15-17H,9-10,12H2,(H,22,25)(H,23,26)/t15-,16+,17-/m0/s1. The van der Waals surface area contributed by atoms with Gasteiger partial charge in [0.05, 0.1) is 5.56 Å². The Hall–Kier alpha value is -3.22. The molecule has 7 heteroatoms. The smallest absolute Gasteiger partial charge is 0.253 e. The molecule has 138 valence electrons. The number of carbonyl (C=O) groups is 3. The summed E-state index contributed by atoms with van der Waals surface area (Å²) in [5, 5.41) is 5.74. The third-order valence-corrected chi connectivity index (χ3v) is 5.04. The van der Waals surface area contributed by atoms with Gasteiger partial charge in [-0.2, -0.15) is 0 Å². The number of nitrogens with zero attached hydrogens (tertiary/aromatic N) is 2. The van der Waals surface area contributed by atoms with Crippen LogP contribution in [-0.2, 0) is 16.0 Å². The Balaban J connectivity index is 1.43. The van der Waals surface area contributed by atoms with Crippen LogP contribution in [0.1, 0.15) is 22.3 Å². The molecule has 2 fully saturated rings. The zero-order chi connectivity index (χ0) is 18.8. The summed E-state index contributed by atoms with van der Waals surface area (Å²) in [4.78, 5) is 43.2. The Morgan fingerprint density at radius 2 is 2.00 bits per heavy atom. The van der Waals surface area contributed by atoms with Gasteiger partial charge in [-0.05, 0) is 24.1 Å². The van der Waals surface area contributed by atoms with Crippen molar-refractivity contribution in [1.29, 1.82) is 0 Å². The van der Waals surface area contributed by atoms with E-state index in [1.165, 1.54) is 6.20 Å². The number of pyridine rings is 1. The first-order valence-electron chi connectivity index (χ1n) is 8.97. The number of fused-ring (bicyclic) bond motifs is 1. The van der Waals surface area contributed by atoms with E-state index in [0.717, 1.165) is 5.56 Å². The van der Waals surface area contributed by atoms with E-state index in [1.54, 1.807) is 23.2 Å². The van der Waals surface area contributed by atoms with E-state index in [-0.39, 0.29) is 23.8 Å². The van der Waals surface area contributed by atoms with Crippen LogP contribution in [0.5, 0.6) is 0 Å². The van der Waals surface area contributed by atoms with Gasteiger partial charge in [0.1, 0.15) is 12.1 Å². The molecule has 4 rings (SSSR count). The Morgan fingerprint density at radius 3 is 2.74 bits per heavy atom. The summed E-state index contributed by atoms with van der Waals surface area (Å²) in [5.41, 5.74) is 1.45. The largest absolute Gasteiger partial charge is 0.347 e. The average Bonchev–Trinajstić information content (AvgIpc) is 3.12. The number of hydrogen-bond acceptors (Lipinski definition) is 4. The number of benzene rings is 1. The summed E-state index contributed by atoms with van der Waals surface area (Å²) in [6.45, 7) is 0.341. The number of aromatic nitrogens is 1. The van der Waals surface area contributed by atoms with E-state index < -0.39 is 12.1 Å². The van der Waals surface area contributed by atoms with Crippen molar-refractivity contribution in [2.75, 3.05) is 6.54 Å². The molecule has 0 bridgehead atoms. The van der Waals surface area contributed by atoms with Gasteiger partial charge < -0.3 is 15.5 Å². The number of hydrogen-bond donors (Lipinski definition) is 2. The van der Waals surface area contributed by atoms with Crippen molar-refractivity contribution < 1.29 is 14.4 Å². The maximum Gasteiger partial charge on any atom is 0.253 e. The van der Waals surface area contributed by atoms with Gasteiger partial charge in [0.15, 0.2) is 0 Å². The predicted molar refractivity (Wildman–Crippen MR) is 97.7 cm³/mol. The molecule has 1 aromatic heterocycles. The predicted octanol–water partition coefficient (Wildman–Crippen LogP) is 0.522. The highest BCUT2D eigenvalue weighted by molar-refractivity contribution is 5.98. The summed E-state index contributed by atoms with van der Waals surface area (Å²) in [5.74, 6) is -0.503. The van der Waals surface area contributed by atoms with Crippen LogP contribution >= 0.6 is 0 Å². The molecule has 0 aliphatic carbocycles. The minimum absolute atomic E-state index is 0.0958. The molecule has 7 nitrogen and oxygen atoms in total. The van der Waals surface area contributed by atoms with Crippen LogP contribution in [0.15, 0.2) is 54.9 Å². The Bertz CT molecular complexity index is 856. The normalized spacial score (nSPS) is 24.3. The van der Waals surface area contributed by atoms with Crippen molar-refractivity contribution in [3.05, 3.63) is 66.0 Å². The Kier molecular flexibility index (Phi) is 4.58. The van der Waals surface area contributed by atoms with Gasteiger partial charge in [-0.15, -0.1) is 0 Å². The summed E-state index contributed by atoms with van der Waals surface area (Å²) in [6, 6.07) is 11.6.